The van der Waals surface area contributed by atoms with Crippen molar-refractivity contribution in [2.24, 2.45) is 5.41 Å². The standard InChI is InChI=1S/C20H31NO3/c1-3-23-17-7-4-8-18(15-17)24-14-13-21-12-6-11-20(16-21)10-5-9-19(20)22-2/h4,7-8,15,19H,3,5-6,9-14,16H2,1-2H3/t19-,20+/m1/s1. The molecule has 1 spiro atoms. The molecule has 134 valence electrons. The van der Waals surface area contributed by atoms with Gasteiger partial charge < -0.3 is 14.2 Å². The highest BCUT2D eigenvalue weighted by Crippen LogP contribution is 2.46. The molecule has 1 saturated heterocycles. The van der Waals surface area contributed by atoms with Crippen LogP contribution in [-0.4, -0.2) is 51.0 Å². The van der Waals surface area contributed by atoms with Gasteiger partial charge in [-0.25, -0.2) is 0 Å². The molecule has 2 aliphatic rings. The van der Waals surface area contributed by atoms with Gasteiger partial charge in [0.05, 0.1) is 12.7 Å². The number of ether oxygens (including phenoxy) is 3. The van der Waals surface area contributed by atoms with E-state index in [9.17, 15) is 0 Å². The normalized spacial score (nSPS) is 27.5. The molecule has 1 aliphatic heterocycles. The maximum atomic E-state index is 5.95. The number of nitrogens with zero attached hydrogens (tertiary/aromatic N) is 1. The molecule has 0 radical (unpaired) electrons. The van der Waals surface area contributed by atoms with E-state index in [-0.39, 0.29) is 0 Å². The van der Waals surface area contributed by atoms with Crippen molar-refractivity contribution in [2.75, 3.05) is 40.0 Å². The topological polar surface area (TPSA) is 30.9 Å². The zero-order valence-corrected chi connectivity index (χ0v) is 15.1. The molecule has 0 amide bonds. The smallest absolute Gasteiger partial charge is 0.123 e. The van der Waals surface area contributed by atoms with E-state index in [2.05, 4.69) is 4.90 Å². The quantitative estimate of drug-likeness (QED) is 0.760. The molecule has 2 fully saturated rings. The van der Waals surface area contributed by atoms with Crippen LogP contribution in [0.2, 0.25) is 0 Å². The molecule has 2 atom stereocenters. The van der Waals surface area contributed by atoms with Gasteiger partial charge in [-0.1, -0.05) is 12.5 Å². The summed E-state index contributed by atoms with van der Waals surface area (Å²) in [7, 11) is 1.88. The third-order valence-electron chi connectivity index (χ3n) is 5.59. The third kappa shape index (κ3) is 4.04. The molecule has 4 heteroatoms. The van der Waals surface area contributed by atoms with E-state index in [0.29, 0.717) is 18.1 Å². The zero-order chi connectivity index (χ0) is 16.8. The van der Waals surface area contributed by atoms with Crippen LogP contribution in [0.4, 0.5) is 0 Å². The van der Waals surface area contributed by atoms with E-state index >= 15 is 0 Å². The van der Waals surface area contributed by atoms with E-state index in [1.165, 1.54) is 38.6 Å². The van der Waals surface area contributed by atoms with Gasteiger partial charge in [0.2, 0.25) is 0 Å². The Morgan fingerprint density at radius 3 is 2.75 bits per heavy atom. The van der Waals surface area contributed by atoms with Gasteiger partial charge in [-0.05, 0) is 51.3 Å². The van der Waals surface area contributed by atoms with Crippen molar-refractivity contribution in [3.63, 3.8) is 0 Å². The molecule has 4 nitrogen and oxygen atoms in total. The van der Waals surface area contributed by atoms with E-state index in [1.807, 2.05) is 38.3 Å². The van der Waals surface area contributed by atoms with Crippen molar-refractivity contribution in [1.82, 2.24) is 4.90 Å². The van der Waals surface area contributed by atoms with E-state index in [0.717, 1.165) is 31.2 Å². The summed E-state index contributed by atoms with van der Waals surface area (Å²) in [5, 5.41) is 0. The van der Waals surface area contributed by atoms with Gasteiger partial charge in [0.15, 0.2) is 0 Å². The molecular formula is C20H31NO3. The fourth-order valence-electron chi connectivity index (χ4n) is 4.50. The second kappa shape index (κ2) is 8.21. The predicted octanol–water partition coefficient (Wildman–Crippen LogP) is 3.75. The molecule has 3 rings (SSSR count). The molecular weight excluding hydrogens is 302 g/mol. The van der Waals surface area contributed by atoms with Gasteiger partial charge in [0, 0.05) is 31.7 Å². The van der Waals surface area contributed by atoms with Crippen molar-refractivity contribution in [3.05, 3.63) is 24.3 Å². The second-order valence-corrected chi connectivity index (χ2v) is 7.11. The number of benzene rings is 1. The van der Waals surface area contributed by atoms with Crippen LogP contribution in [0.3, 0.4) is 0 Å². The highest BCUT2D eigenvalue weighted by atomic mass is 16.5. The van der Waals surface area contributed by atoms with E-state index in [1.54, 1.807) is 0 Å². The van der Waals surface area contributed by atoms with Crippen molar-refractivity contribution >= 4 is 0 Å². The van der Waals surface area contributed by atoms with Gasteiger partial charge in [0.1, 0.15) is 18.1 Å². The first-order chi connectivity index (χ1) is 11.8. The summed E-state index contributed by atoms with van der Waals surface area (Å²) in [6, 6.07) is 7.92. The average Bonchev–Trinajstić information content (AvgIpc) is 2.97. The monoisotopic (exact) mass is 333 g/mol. The van der Waals surface area contributed by atoms with Crippen LogP contribution in [0.15, 0.2) is 24.3 Å². The molecule has 1 heterocycles. The van der Waals surface area contributed by atoms with E-state index in [4.69, 9.17) is 14.2 Å². The molecule has 1 saturated carbocycles. The Morgan fingerprint density at radius 2 is 1.96 bits per heavy atom. The van der Waals surface area contributed by atoms with Crippen molar-refractivity contribution in [1.29, 1.82) is 0 Å². The lowest BCUT2D eigenvalue weighted by Crippen LogP contribution is -2.48. The minimum absolute atomic E-state index is 0.391. The Bertz CT molecular complexity index is 521. The number of rotatable bonds is 7. The van der Waals surface area contributed by atoms with Crippen LogP contribution in [0.5, 0.6) is 11.5 Å². The van der Waals surface area contributed by atoms with Crippen LogP contribution in [-0.2, 0) is 4.74 Å². The number of piperidine rings is 1. The minimum atomic E-state index is 0.391. The molecule has 24 heavy (non-hydrogen) atoms. The second-order valence-electron chi connectivity index (χ2n) is 7.11. The van der Waals surface area contributed by atoms with Gasteiger partial charge >= 0.3 is 0 Å². The first-order valence-electron chi connectivity index (χ1n) is 9.36. The Hall–Kier alpha value is -1.26. The van der Waals surface area contributed by atoms with Crippen molar-refractivity contribution < 1.29 is 14.2 Å². The first-order valence-corrected chi connectivity index (χ1v) is 9.36. The van der Waals surface area contributed by atoms with Crippen LogP contribution < -0.4 is 9.47 Å². The highest BCUT2D eigenvalue weighted by Gasteiger charge is 2.45. The zero-order valence-electron chi connectivity index (χ0n) is 15.1. The lowest BCUT2D eigenvalue weighted by molar-refractivity contribution is -0.0365. The van der Waals surface area contributed by atoms with Crippen LogP contribution in [0.25, 0.3) is 0 Å². The van der Waals surface area contributed by atoms with Crippen LogP contribution in [0, 0.1) is 5.41 Å². The molecule has 1 aromatic carbocycles. The number of methoxy groups -OCH3 is 1. The van der Waals surface area contributed by atoms with Crippen molar-refractivity contribution in [3.8, 4) is 11.5 Å². The van der Waals surface area contributed by atoms with Crippen LogP contribution >= 0.6 is 0 Å². The van der Waals surface area contributed by atoms with Gasteiger partial charge in [-0.15, -0.1) is 0 Å². The Kier molecular flexibility index (Phi) is 6.01. The molecule has 1 aliphatic carbocycles. The van der Waals surface area contributed by atoms with Crippen molar-refractivity contribution in [2.45, 2.75) is 45.1 Å². The number of hydrogen-bond acceptors (Lipinski definition) is 4. The summed E-state index contributed by atoms with van der Waals surface area (Å²) >= 11 is 0. The molecule has 0 N–H and O–H groups in total. The van der Waals surface area contributed by atoms with Gasteiger partial charge in [0.25, 0.3) is 0 Å². The third-order valence-corrected chi connectivity index (χ3v) is 5.59. The maximum absolute atomic E-state index is 5.95. The Labute approximate surface area is 146 Å². The fourth-order valence-corrected chi connectivity index (χ4v) is 4.50. The Morgan fingerprint density at radius 1 is 1.17 bits per heavy atom. The molecule has 0 unspecified atom stereocenters. The number of likely N-dealkylation sites (tertiary alicyclic amines) is 1. The van der Waals surface area contributed by atoms with Gasteiger partial charge in [-0.3, -0.25) is 4.90 Å². The lowest BCUT2D eigenvalue weighted by Gasteiger charge is -2.43. The summed E-state index contributed by atoms with van der Waals surface area (Å²) in [6.45, 7) is 6.73. The minimum Gasteiger partial charge on any atom is -0.494 e. The molecule has 1 aromatic rings. The lowest BCUT2D eigenvalue weighted by atomic mass is 9.76. The highest BCUT2D eigenvalue weighted by molar-refractivity contribution is 5.32. The van der Waals surface area contributed by atoms with E-state index < -0.39 is 0 Å². The maximum Gasteiger partial charge on any atom is 0.123 e. The summed E-state index contributed by atoms with van der Waals surface area (Å²) in [5.74, 6) is 1.77. The molecule has 0 bridgehead atoms. The number of hydrogen-bond donors (Lipinski definition) is 0. The summed E-state index contributed by atoms with van der Waals surface area (Å²) in [6.07, 6.45) is 6.90. The fraction of sp³-hybridized carbons (Fsp3) is 0.700. The summed E-state index contributed by atoms with van der Waals surface area (Å²) in [4.78, 5) is 2.56. The average molecular weight is 333 g/mol. The SMILES string of the molecule is CCOc1cccc(OCCN2CCC[C@@]3(CCC[C@H]3OC)C2)c1. The predicted molar refractivity (Wildman–Crippen MR) is 95.9 cm³/mol. The molecule has 0 aromatic heterocycles. The van der Waals surface area contributed by atoms with Crippen LogP contribution in [0.1, 0.15) is 39.0 Å². The first kappa shape index (κ1) is 17.6. The largest absolute Gasteiger partial charge is 0.494 e. The van der Waals surface area contributed by atoms with Gasteiger partial charge in [-0.2, -0.15) is 0 Å². The Balaban J connectivity index is 1.49. The summed E-state index contributed by atoms with van der Waals surface area (Å²) in [5.41, 5.74) is 0.391. The summed E-state index contributed by atoms with van der Waals surface area (Å²) < 4.78 is 17.3.